The molecule has 7 heteroatoms. The monoisotopic (exact) mass is 372 g/mol. The normalized spacial score (nSPS) is 13.0. The second-order valence-electron chi connectivity index (χ2n) is 6.05. The van der Waals surface area contributed by atoms with Crippen LogP contribution in [0.4, 0.5) is 4.39 Å². The van der Waals surface area contributed by atoms with Crippen LogP contribution in [-0.4, -0.2) is 19.4 Å². The highest BCUT2D eigenvalue weighted by atomic mass is 32.2. The largest absolute Gasteiger partial charge is 0.488 e. The van der Waals surface area contributed by atoms with Crippen molar-refractivity contribution in [2.75, 3.05) is 7.05 Å². The molecule has 0 amide bonds. The molecular formula is C19H17FN2O3S. The molecule has 26 heavy (non-hydrogen) atoms. The lowest BCUT2D eigenvalue weighted by Crippen LogP contribution is -2.16. The molecule has 2 aromatic carbocycles. The fourth-order valence-electron chi connectivity index (χ4n) is 3.22. The van der Waals surface area contributed by atoms with Gasteiger partial charge >= 0.3 is 0 Å². The Hall–Kier alpha value is -2.64. The van der Waals surface area contributed by atoms with Crippen molar-refractivity contribution in [1.29, 1.82) is 0 Å². The minimum Gasteiger partial charge on any atom is -0.488 e. The summed E-state index contributed by atoms with van der Waals surface area (Å²) in [5, 5.41) is 3.05. The molecule has 0 saturated heterocycles. The molecule has 1 aliphatic heterocycles. The van der Waals surface area contributed by atoms with Crippen molar-refractivity contribution < 1.29 is 17.5 Å². The van der Waals surface area contributed by atoms with Gasteiger partial charge in [-0.2, -0.15) is 0 Å². The summed E-state index contributed by atoms with van der Waals surface area (Å²) in [5.74, 6) is 0.0380. The Morgan fingerprint density at radius 3 is 2.77 bits per heavy atom. The van der Waals surface area contributed by atoms with Gasteiger partial charge in [-0.25, -0.2) is 16.8 Å². The molecule has 0 radical (unpaired) electrons. The van der Waals surface area contributed by atoms with Gasteiger partial charge in [-0.15, -0.1) is 0 Å². The van der Waals surface area contributed by atoms with Crippen LogP contribution >= 0.6 is 0 Å². The quantitative estimate of drug-likeness (QED) is 0.764. The number of benzene rings is 2. The van der Waals surface area contributed by atoms with E-state index in [-0.39, 0.29) is 11.5 Å². The first kappa shape index (κ1) is 16.8. The number of halogens is 1. The Balaban J connectivity index is 1.99. The van der Waals surface area contributed by atoms with Gasteiger partial charge < -0.3 is 10.1 Å². The van der Waals surface area contributed by atoms with Crippen molar-refractivity contribution in [2.24, 2.45) is 0 Å². The molecule has 3 aromatic rings. The van der Waals surface area contributed by atoms with Crippen LogP contribution in [0.3, 0.4) is 0 Å². The average molecular weight is 372 g/mol. The third kappa shape index (κ3) is 2.60. The molecule has 0 bridgehead atoms. The predicted octanol–water partition coefficient (Wildman–Crippen LogP) is 3.14. The van der Waals surface area contributed by atoms with Crippen molar-refractivity contribution in [3.63, 3.8) is 0 Å². The summed E-state index contributed by atoms with van der Waals surface area (Å²) in [4.78, 5) is -0.0877. The van der Waals surface area contributed by atoms with Crippen molar-refractivity contribution in [1.82, 2.24) is 9.29 Å². The number of hydrogen-bond acceptors (Lipinski definition) is 4. The number of hydrogen-bond donors (Lipinski definition) is 1. The molecule has 1 N–H and O–H groups in total. The van der Waals surface area contributed by atoms with Crippen LogP contribution in [0.15, 0.2) is 59.6 Å². The SMILES string of the molecule is CNCc1cn(S(=O)(=O)c2cccc(F)c2)c2c1COc1ccccc1-2. The standard InChI is InChI=1S/C19H17FN2O3S/c1-21-10-13-11-22(26(23,24)15-6-4-5-14(20)9-15)19-16-7-2-3-8-18(16)25-12-17(13)19/h2-9,11,21H,10,12H2,1H3. The molecule has 0 saturated carbocycles. The van der Waals surface area contributed by atoms with Gasteiger partial charge in [-0.1, -0.05) is 18.2 Å². The summed E-state index contributed by atoms with van der Waals surface area (Å²) in [7, 11) is -2.16. The van der Waals surface area contributed by atoms with E-state index in [1.54, 1.807) is 13.2 Å². The van der Waals surface area contributed by atoms with Crippen LogP contribution in [0.2, 0.25) is 0 Å². The zero-order valence-electron chi connectivity index (χ0n) is 14.1. The number of aromatic nitrogens is 1. The van der Waals surface area contributed by atoms with E-state index in [1.807, 2.05) is 24.3 Å². The van der Waals surface area contributed by atoms with E-state index >= 15 is 0 Å². The second kappa shape index (κ2) is 6.26. The Morgan fingerprint density at radius 2 is 2.00 bits per heavy atom. The summed E-state index contributed by atoms with van der Waals surface area (Å²) in [6, 6.07) is 12.4. The Bertz CT molecular complexity index is 1090. The Labute approximate surface area is 151 Å². The van der Waals surface area contributed by atoms with E-state index in [2.05, 4.69) is 5.32 Å². The number of nitrogens with one attached hydrogen (secondary N) is 1. The average Bonchev–Trinajstić information content (AvgIpc) is 3.02. The molecule has 0 aliphatic carbocycles. The first-order valence-electron chi connectivity index (χ1n) is 8.13. The first-order valence-corrected chi connectivity index (χ1v) is 9.57. The van der Waals surface area contributed by atoms with Crippen molar-refractivity contribution in [3.8, 4) is 17.0 Å². The van der Waals surface area contributed by atoms with Crippen LogP contribution in [-0.2, 0) is 23.2 Å². The van der Waals surface area contributed by atoms with Crippen molar-refractivity contribution >= 4 is 10.0 Å². The van der Waals surface area contributed by atoms with E-state index in [9.17, 15) is 12.8 Å². The van der Waals surface area contributed by atoms with Gasteiger partial charge in [0.25, 0.3) is 10.0 Å². The third-order valence-corrected chi connectivity index (χ3v) is 6.06. The summed E-state index contributed by atoms with van der Waals surface area (Å²) >= 11 is 0. The molecule has 0 unspecified atom stereocenters. The number of ether oxygens (including phenoxy) is 1. The first-order chi connectivity index (χ1) is 12.5. The summed E-state index contributed by atoms with van der Waals surface area (Å²) < 4.78 is 47.1. The third-order valence-electron chi connectivity index (χ3n) is 4.40. The van der Waals surface area contributed by atoms with Gasteiger partial charge in [0.1, 0.15) is 18.2 Å². The highest BCUT2D eigenvalue weighted by molar-refractivity contribution is 7.90. The van der Waals surface area contributed by atoms with Gasteiger partial charge in [0.15, 0.2) is 0 Å². The van der Waals surface area contributed by atoms with Gasteiger partial charge in [0.2, 0.25) is 0 Å². The van der Waals surface area contributed by atoms with Crippen molar-refractivity contribution in [2.45, 2.75) is 18.0 Å². The smallest absolute Gasteiger partial charge is 0.268 e. The lowest BCUT2D eigenvalue weighted by Gasteiger charge is -2.21. The molecule has 1 aliphatic rings. The molecule has 0 fully saturated rings. The molecule has 2 heterocycles. The zero-order valence-corrected chi connectivity index (χ0v) is 14.9. The summed E-state index contributed by atoms with van der Waals surface area (Å²) in [5.41, 5.74) is 2.92. The van der Waals surface area contributed by atoms with Crippen LogP contribution in [0.25, 0.3) is 11.3 Å². The fourth-order valence-corrected chi connectivity index (χ4v) is 4.68. The fraction of sp³-hybridized carbons (Fsp3) is 0.158. The highest BCUT2D eigenvalue weighted by Gasteiger charge is 2.30. The second-order valence-corrected chi connectivity index (χ2v) is 7.87. The van der Waals surface area contributed by atoms with E-state index in [4.69, 9.17) is 4.74 Å². The summed E-state index contributed by atoms with van der Waals surface area (Å²) in [6.45, 7) is 0.786. The molecule has 0 spiro atoms. The van der Waals surface area contributed by atoms with Gasteiger partial charge in [0.05, 0.1) is 10.6 Å². The molecular weight excluding hydrogens is 355 g/mol. The maximum atomic E-state index is 13.6. The van der Waals surface area contributed by atoms with E-state index in [0.717, 1.165) is 17.2 Å². The minimum absolute atomic E-state index is 0.0877. The van der Waals surface area contributed by atoms with Gasteiger partial charge in [0, 0.05) is 23.9 Å². The lowest BCUT2D eigenvalue weighted by atomic mass is 10.0. The minimum atomic E-state index is -3.95. The van der Waals surface area contributed by atoms with Gasteiger partial charge in [-0.3, -0.25) is 0 Å². The number of nitrogens with zero attached hydrogens (tertiary/aromatic N) is 1. The van der Waals surface area contributed by atoms with E-state index < -0.39 is 15.8 Å². The van der Waals surface area contributed by atoms with Crippen molar-refractivity contribution in [3.05, 3.63) is 71.7 Å². The van der Waals surface area contributed by atoms with E-state index in [1.165, 1.54) is 22.2 Å². The maximum Gasteiger partial charge on any atom is 0.268 e. The molecule has 1 aromatic heterocycles. The Morgan fingerprint density at radius 1 is 1.19 bits per heavy atom. The molecule has 5 nitrogen and oxygen atoms in total. The topological polar surface area (TPSA) is 60.3 Å². The molecule has 134 valence electrons. The zero-order chi connectivity index (χ0) is 18.3. The van der Waals surface area contributed by atoms with Crippen LogP contribution in [0.5, 0.6) is 5.75 Å². The maximum absolute atomic E-state index is 13.6. The lowest BCUT2D eigenvalue weighted by molar-refractivity contribution is 0.301. The number of para-hydroxylation sites is 1. The summed E-state index contributed by atoms with van der Waals surface area (Å²) in [6.07, 6.45) is 1.59. The predicted molar refractivity (Wildman–Crippen MR) is 95.9 cm³/mol. The highest BCUT2D eigenvalue weighted by Crippen LogP contribution is 2.41. The Kier molecular flexibility index (Phi) is 4.05. The molecule has 4 rings (SSSR count). The number of rotatable bonds is 4. The molecule has 0 atom stereocenters. The van der Waals surface area contributed by atoms with Gasteiger partial charge in [-0.05, 0) is 42.9 Å². The number of fused-ring (bicyclic) bond motifs is 3. The van der Waals surface area contributed by atoms with Crippen LogP contribution in [0.1, 0.15) is 11.1 Å². The van der Waals surface area contributed by atoms with Crippen LogP contribution < -0.4 is 10.1 Å². The van der Waals surface area contributed by atoms with Crippen LogP contribution in [0, 0.1) is 5.82 Å². The van der Waals surface area contributed by atoms with E-state index in [0.29, 0.717) is 23.6 Å².